The minimum Gasteiger partial charge on any atom is -0.506 e. The molecule has 1 atom stereocenters. The van der Waals surface area contributed by atoms with Crippen LogP contribution in [-0.2, 0) is 9.59 Å². The molecule has 2 aliphatic heterocycles. The number of anilines is 1. The second-order valence-corrected chi connectivity index (χ2v) is 9.25. The third kappa shape index (κ3) is 4.53. The summed E-state index contributed by atoms with van der Waals surface area (Å²) in [6.07, 6.45) is 4.79. The zero-order valence-electron chi connectivity index (χ0n) is 18.0. The SMILES string of the molecule is C=CC(=O)N1CC(N2CCN(C(=O)C(C)Nc3cc(C4CCC4)c(Cl)cc3O)CC2)C1. The zero-order valence-corrected chi connectivity index (χ0v) is 18.8. The van der Waals surface area contributed by atoms with Gasteiger partial charge in [-0.1, -0.05) is 24.6 Å². The number of aromatic hydroxyl groups is 1. The monoisotopic (exact) mass is 446 g/mol. The van der Waals surface area contributed by atoms with Crippen LogP contribution in [0.2, 0.25) is 5.02 Å². The Morgan fingerprint density at radius 3 is 2.45 bits per heavy atom. The standard InChI is InChI=1S/C23H31ClN4O3/c1-3-22(30)28-13-17(14-28)26-7-9-27(10-8-26)23(31)15(2)25-20-11-18(16-5-4-6-16)19(24)12-21(20)29/h3,11-12,15-17,25,29H,1,4-10,13-14H2,2H3. The molecule has 2 heterocycles. The van der Waals surface area contributed by atoms with Gasteiger partial charge in [-0.25, -0.2) is 0 Å². The number of halogens is 1. The second-order valence-electron chi connectivity index (χ2n) is 8.85. The quantitative estimate of drug-likeness (QED) is 0.519. The third-order valence-corrected chi connectivity index (χ3v) is 7.22. The van der Waals surface area contributed by atoms with Crippen LogP contribution in [0.1, 0.15) is 37.7 Å². The fourth-order valence-corrected chi connectivity index (χ4v) is 4.91. The number of phenolic OH excluding ortho intramolecular Hbond substituents is 1. The lowest BCUT2D eigenvalue weighted by Crippen LogP contribution is -2.64. The van der Waals surface area contributed by atoms with E-state index < -0.39 is 6.04 Å². The first-order chi connectivity index (χ1) is 14.9. The number of nitrogens with zero attached hydrogens (tertiary/aromatic N) is 3. The number of benzene rings is 1. The van der Waals surface area contributed by atoms with Crippen molar-refractivity contribution >= 4 is 29.1 Å². The molecule has 2 saturated heterocycles. The maximum Gasteiger partial charge on any atom is 0.246 e. The van der Waals surface area contributed by atoms with Gasteiger partial charge < -0.3 is 20.2 Å². The number of carbonyl (C=O) groups excluding carboxylic acids is 2. The molecule has 3 fully saturated rings. The summed E-state index contributed by atoms with van der Waals surface area (Å²) >= 11 is 6.33. The molecule has 0 aromatic heterocycles. The van der Waals surface area contributed by atoms with E-state index in [1.165, 1.54) is 12.5 Å². The van der Waals surface area contributed by atoms with E-state index >= 15 is 0 Å². The first kappa shape index (κ1) is 22.0. The smallest absolute Gasteiger partial charge is 0.246 e. The van der Waals surface area contributed by atoms with E-state index in [2.05, 4.69) is 16.8 Å². The first-order valence-corrected chi connectivity index (χ1v) is 11.5. The molecule has 8 heteroatoms. The summed E-state index contributed by atoms with van der Waals surface area (Å²) in [4.78, 5) is 30.6. The number of hydrogen-bond acceptors (Lipinski definition) is 5. The predicted molar refractivity (Wildman–Crippen MR) is 122 cm³/mol. The molecule has 2 amide bonds. The third-order valence-electron chi connectivity index (χ3n) is 6.89. The van der Waals surface area contributed by atoms with Crippen molar-refractivity contribution in [3.8, 4) is 5.75 Å². The summed E-state index contributed by atoms with van der Waals surface area (Å²) in [5.41, 5.74) is 1.61. The normalized spacial score (nSPS) is 21.2. The number of carbonyl (C=O) groups is 2. The molecule has 31 heavy (non-hydrogen) atoms. The molecule has 1 saturated carbocycles. The highest BCUT2D eigenvalue weighted by atomic mass is 35.5. The minimum atomic E-state index is -0.447. The van der Waals surface area contributed by atoms with E-state index in [1.54, 1.807) is 11.0 Å². The number of phenols is 1. The Kier molecular flexibility index (Phi) is 6.44. The van der Waals surface area contributed by atoms with E-state index in [1.807, 2.05) is 17.9 Å². The van der Waals surface area contributed by atoms with Gasteiger partial charge in [-0.15, -0.1) is 0 Å². The van der Waals surface area contributed by atoms with Crippen LogP contribution in [0.4, 0.5) is 5.69 Å². The van der Waals surface area contributed by atoms with E-state index in [4.69, 9.17) is 11.6 Å². The molecule has 7 nitrogen and oxygen atoms in total. The molecule has 3 aliphatic rings. The van der Waals surface area contributed by atoms with Gasteiger partial charge in [0.25, 0.3) is 0 Å². The Labute approximate surface area is 188 Å². The van der Waals surface area contributed by atoms with Gasteiger partial charge >= 0.3 is 0 Å². The molecule has 168 valence electrons. The van der Waals surface area contributed by atoms with Crippen LogP contribution in [0.15, 0.2) is 24.8 Å². The molecular weight excluding hydrogens is 416 g/mol. The highest BCUT2D eigenvalue weighted by Crippen LogP contribution is 2.43. The lowest BCUT2D eigenvalue weighted by atomic mass is 9.80. The van der Waals surface area contributed by atoms with Crippen LogP contribution < -0.4 is 5.32 Å². The van der Waals surface area contributed by atoms with Crippen molar-refractivity contribution in [2.45, 2.75) is 44.2 Å². The van der Waals surface area contributed by atoms with Crippen LogP contribution in [0.25, 0.3) is 0 Å². The molecule has 4 rings (SSSR count). The van der Waals surface area contributed by atoms with Gasteiger partial charge in [0, 0.05) is 56.4 Å². The number of rotatable bonds is 6. The Balaban J connectivity index is 1.29. The van der Waals surface area contributed by atoms with Crippen LogP contribution in [0.5, 0.6) is 5.75 Å². The van der Waals surface area contributed by atoms with Crippen molar-refractivity contribution in [3.05, 3.63) is 35.4 Å². The van der Waals surface area contributed by atoms with Crippen LogP contribution in [-0.4, -0.2) is 83.0 Å². The van der Waals surface area contributed by atoms with Crippen molar-refractivity contribution in [2.75, 3.05) is 44.6 Å². The highest BCUT2D eigenvalue weighted by molar-refractivity contribution is 6.31. The molecule has 0 spiro atoms. The lowest BCUT2D eigenvalue weighted by Gasteiger charge is -2.48. The van der Waals surface area contributed by atoms with Gasteiger partial charge in [-0.2, -0.15) is 0 Å². The van der Waals surface area contributed by atoms with Crippen LogP contribution >= 0.6 is 11.6 Å². The van der Waals surface area contributed by atoms with E-state index in [-0.39, 0.29) is 17.6 Å². The summed E-state index contributed by atoms with van der Waals surface area (Å²) in [6, 6.07) is 3.40. The van der Waals surface area contributed by atoms with Gasteiger partial charge in [0.1, 0.15) is 11.8 Å². The number of amides is 2. The van der Waals surface area contributed by atoms with Crippen molar-refractivity contribution in [1.29, 1.82) is 0 Å². The maximum atomic E-state index is 13.0. The Morgan fingerprint density at radius 1 is 1.19 bits per heavy atom. The molecule has 1 unspecified atom stereocenters. The molecule has 2 N–H and O–H groups in total. The highest BCUT2D eigenvalue weighted by Gasteiger charge is 2.36. The minimum absolute atomic E-state index is 0.0177. The van der Waals surface area contributed by atoms with Crippen molar-refractivity contribution in [1.82, 2.24) is 14.7 Å². The number of nitrogens with one attached hydrogen (secondary N) is 1. The second kappa shape index (κ2) is 9.09. The summed E-state index contributed by atoms with van der Waals surface area (Å²) in [6.45, 7) is 9.76. The van der Waals surface area contributed by atoms with Crippen molar-refractivity contribution < 1.29 is 14.7 Å². The van der Waals surface area contributed by atoms with Crippen molar-refractivity contribution in [3.63, 3.8) is 0 Å². The number of piperazine rings is 1. The van der Waals surface area contributed by atoms with Gasteiger partial charge in [0.2, 0.25) is 11.8 Å². The Morgan fingerprint density at radius 2 is 1.87 bits per heavy atom. The van der Waals surface area contributed by atoms with E-state index in [0.29, 0.717) is 35.8 Å². The lowest BCUT2D eigenvalue weighted by molar-refractivity contribution is -0.136. The number of hydrogen-bond donors (Lipinski definition) is 2. The van der Waals surface area contributed by atoms with Crippen LogP contribution in [0.3, 0.4) is 0 Å². The molecular formula is C23H31ClN4O3. The van der Waals surface area contributed by atoms with Gasteiger partial charge in [-0.3, -0.25) is 14.5 Å². The molecule has 1 aliphatic carbocycles. The molecule has 0 bridgehead atoms. The molecule has 0 radical (unpaired) electrons. The average Bonchev–Trinajstić information content (AvgIpc) is 2.68. The molecule has 1 aromatic carbocycles. The largest absolute Gasteiger partial charge is 0.506 e. The van der Waals surface area contributed by atoms with E-state index in [0.717, 1.165) is 44.6 Å². The van der Waals surface area contributed by atoms with E-state index in [9.17, 15) is 14.7 Å². The van der Waals surface area contributed by atoms with Gasteiger partial charge in [0.15, 0.2) is 0 Å². The summed E-state index contributed by atoms with van der Waals surface area (Å²) in [7, 11) is 0. The first-order valence-electron chi connectivity index (χ1n) is 11.1. The predicted octanol–water partition coefficient (Wildman–Crippen LogP) is 2.65. The zero-order chi connectivity index (χ0) is 22.1. The van der Waals surface area contributed by atoms with Crippen LogP contribution in [0, 0.1) is 0 Å². The van der Waals surface area contributed by atoms with Gasteiger partial charge in [-0.05, 0) is 43.4 Å². The Bertz CT molecular complexity index is 859. The topological polar surface area (TPSA) is 76.1 Å². The average molecular weight is 447 g/mol. The number of likely N-dealkylation sites (tertiary alicyclic amines) is 1. The summed E-state index contributed by atoms with van der Waals surface area (Å²) in [5.74, 6) is 0.519. The van der Waals surface area contributed by atoms with Crippen molar-refractivity contribution in [2.24, 2.45) is 0 Å². The maximum absolute atomic E-state index is 13.0. The van der Waals surface area contributed by atoms with Gasteiger partial charge in [0.05, 0.1) is 5.69 Å². The Hall–Kier alpha value is -2.25. The fraction of sp³-hybridized carbons (Fsp3) is 0.565. The summed E-state index contributed by atoms with van der Waals surface area (Å²) < 4.78 is 0. The summed E-state index contributed by atoms with van der Waals surface area (Å²) in [5, 5.41) is 14.1. The molecule has 1 aromatic rings. The fourth-order valence-electron chi connectivity index (χ4n) is 4.60.